The van der Waals surface area contributed by atoms with Crippen LogP contribution in [0.4, 0.5) is 0 Å². The van der Waals surface area contributed by atoms with Gasteiger partial charge in [0.2, 0.25) is 5.91 Å². The maximum atomic E-state index is 11.1. The molecular weight excluding hydrogens is 188 g/mol. The van der Waals surface area contributed by atoms with E-state index in [1.54, 1.807) is 6.92 Å². The summed E-state index contributed by atoms with van der Waals surface area (Å²) in [5.74, 6) is -1.48. The molecule has 0 heterocycles. The first-order chi connectivity index (χ1) is 6.52. The Morgan fingerprint density at radius 2 is 2.14 bits per heavy atom. The van der Waals surface area contributed by atoms with Crippen molar-refractivity contribution in [1.29, 1.82) is 0 Å². The first-order valence-electron chi connectivity index (χ1n) is 4.31. The molecule has 0 aromatic carbocycles. The summed E-state index contributed by atoms with van der Waals surface area (Å²) < 4.78 is 4.62. The van der Waals surface area contributed by atoms with Crippen molar-refractivity contribution in [3.05, 3.63) is 0 Å². The van der Waals surface area contributed by atoms with Gasteiger partial charge in [0.1, 0.15) is 0 Å². The molecule has 0 spiro atoms. The van der Waals surface area contributed by atoms with E-state index in [1.807, 2.05) is 0 Å². The summed E-state index contributed by atoms with van der Waals surface area (Å²) in [6, 6.07) is -0.596. The maximum Gasteiger partial charge on any atom is 0.334 e. The first kappa shape index (κ1) is 12.9. The van der Waals surface area contributed by atoms with Crippen molar-refractivity contribution >= 4 is 11.9 Å². The smallest absolute Gasteiger partial charge is 0.334 e. The lowest BCUT2D eigenvalue weighted by molar-refractivity contribution is -0.148. The molecule has 14 heavy (non-hydrogen) atoms. The number of carboxylic acids is 1. The van der Waals surface area contributed by atoms with Crippen molar-refractivity contribution in [3.63, 3.8) is 0 Å². The van der Waals surface area contributed by atoms with Crippen molar-refractivity contribution < 1.29 is 19.4 Å². The zero-order valence-corrected chi connectivity index (χ0v) is 8.32. The Balaban J connectivity index is 3.91. The van der Waals surface area contributed by atoms with E-state index in [2.05, 4.69) is 10.1 Å². The summed E-state index contributed by atoms with van der Waals surface area (Å²) in [7, 11) is 1.27. The summed E-state index contributed by atoms with van der Waals surface area (Å²) >= 11 is 0. The van der Waals surface area contributed by atoms with Crippen LogP contribution in [-0.4, -0.2) is 42.8 Å². The number of nitrogens with two attached hydrogens (primary N) is 1. The van der Waals surface area contributed by atoms with Crippen molar-refractivity contribution in [2.24, 2.45) is 5.73 Å². The number of methoxy groups -OCH3 is 1. The molecular formula is C8H16N2O4. The van der Waals surface area contributed by atoms with Crippen molar-refractivity contribution in [3.8, 4) is 0 Å². The van der Waals surface area contributed by atoms with E-state index < -0.39 is 18.1 Å². The fourth-order valence-corrected chi connectivity index (χ4v) is 0.781. The second-order valence-corrected chi connectivity index (χ2v) is 2.82. The number of aliphatic carboxylic acids is 1. The molecule has 1 amide bonds. The molecule has 0 fully saturated rings. The van der Waals surface area contributed by atoms with Gasteiger partial charge in [0, 0.05) is 7.11 Å². The van der Waals surface area contributed by atoms with Crippen LogP contribution in [0.25, 0.3) is 0 Å². The largest absolute Gasteiger partial charge is 0.479 e. The highest BCUT2D eigenvalue weighted by molar-refractivity contribution is 5.82. The van der Waals surface area contributed by atoms with Crippen LogP contribution in [0.5, 0.6) is 0 Å². The fourth-order valence-electron chi connectivity index (χ4n) is 0.781. The second kappa shape index (κ2) is 6.33. The zero-order valence-electron chi connectivity index (χ0n) is 8.32. The Bertz CT molecular complexity index is 208. The molecule has 0 aromatic heterocycles. The molecule has 1 unspecified atom stereocenters. The lowest BCUT2D eigenvalue weighted by atomic mass is 10.2. The maximum absolute atomic E-state index is 11.1. The molecule has 0 rings (SSSR count). The van der Waals surface area contributed by atoms with E-state index in [0.29, 0.717) is 6.42 Å². The lowest BCUT2D eigenvalue weighted by Gasteiger charge is -2.13. The van der Waals surface area contributed by atoms with Gasteiger partial charge in [-0.15, -0.1) is 0 Å². The van der Waals surface area contributed by atoms with Gasteiger partial charge in [0.25, 0.3) is 0 Å². The summed E-state index contributed by atoms with van der Waals surface area (Å²) in [5, 5.41) is 11.0. The third kappa shape index (κ3) is 4.20. The molecule has 82 valence electrons. The van der Waals surface area contributed by atoms with E-state index in [1.165, 1.54) is 7.11 Å². The predicted octanol–water partition coefficient (Wildman–Crippen LogP) is -1.06. The normalized spacial score (nSPS) is 14.5. The van der Waals surface area contributed by atoms with Gasteiger partial charge < -0.3 is 20.9 Å². The highest BCUT2D eigenvalue weighted by Gasteiger charge is 2.18. The Labute approximate surface area is 82.4 Å². The molecule has 0 aliphatic rings. The van der Waals surface area contributed by atoms with Crippen LogP contribution >= 0.6 is 0 Å². The minimum atomic E-state index is -1.11. The van der Waals surface area contributed by atoms with Crippen LogP contribution in [0, 0.1) is 0 Å². The number of ether oxygens (including phenoxy) is 1. The quantitative estimate of drug-likeness (QED) is 0.512. The van der Waals surface area contributed by atoms with E-state index >= 15 is 0 Å². The summed E-state index contributed by atoms with van der Waals surface area (Å²) in [5.41, 5.74) is 5.42. The van der Waals surface area contributed by atoms with Crippen LogP contribution in [0.1, 0.15) is 13.3 Å². The third-order valence-corrected chi connectivity index (χ3v) is 1.80. The van der Waals surface area contributed by atoms with Crippen LogP contribution in [-0.2, 0) is 14.3 Å². The highest BCUT2D eigenvalue weighted by atomic mass is 16.5. The molecule has 6 heteroatoms. The molecule has 0 radical (unpaired) electrons. The second-order valence-electron chi connectivity index (χ2n) is 2.82. The Morgan fingerprint density at radius 1 is 1.57 bits per heavy atom. The summed E-state index contributed by atoms with van der Waals surface area (Å²) in [6.45, 7) is 1.70. The molecule has 0 aliphatic carbocycles. The minimum Gasteiger partial charge on any atom is -0.479 e. The number of hydrogen-bond acceptors (Lipinski definition) is 4. The standard InChI is InChI=1S/C8H16N2O4/c1-3-5(9)7(11)10-4-6(14-2)8(12)13/h5-6H,3-4,9H2,1-2H3,(H,10,11)(H,12,13)/t5-,6?/m0/s1. The molecule has 2 atom stereocenters. The van der Waals surface area contributed by atoms with Gasteiger partial charge in [0.15, 0.2) is 6.10 Å². The molecule has 6 nitrogen and oxygen atoms in total. The number of nitrogens with one attached hydrogen (secondary N) is 1. The fraction of sp³-hybridized carbons (Fsp3) is 0.750. The van der Waals surface area contributed by atoms with E-state index in [4.69, 9.17) is 10.8 Å². The summed E-state index contributed by atoms with van der Waals surface area (Å²) in [4.78, 5) is 21.6. The van der Waals surface area contributed by atoms with Crippen LogP contribution in [0.15, 0.2) is 0 Å². The number of carbonyl (C=O) groups excluding carboxylic acids is 1. The summed E-state index contributed by atoms with van der Waals surface area (Å²) in [6.07, 6.45) is -0.515. The van der Waals surface area contributed by atoms with Gasteiger partial charge in [0.05, 0.1) is 12.6 Å². The van der Waals surface area contributed by atoms with Gasteiger partial charge in [-0.3, -0.25) is 4.79 Å². The highest BCUT2D eigenvalue weighted by Crippen LogP contribution is 1.90. The zero-order chi connectivity index (χ0) is 11.1. The Kier molecular flexibility index (Phi) is 5.82. The van der Waals surface area contributed by atoms with Crippen LogP contribution in [0.2, 0.25) is 0 Å². The van der Waals surface area contributed by atoms with Gasteiger partial charge in [-0.05, 0) is 6.42 Å². The predicted molar refractivity (Wildman–Crippen MR) is 49.7 cm³/mol. The van der Waals surface area contributed by atoms with Crippen molar-refractivity contribution in [1.82, 2.24) is 5.32 Å². The molecule has 0 saturated carbocycles. The van der Waals surface area contributed by atoms with Gasteiger partial charge >= 0.3 is 5.97 Å². The topological polar surface area (TPSA) is 102 Å². The van der Waals surface area contributed by atoms with Crippen molar-refractivity contribution in [2.45, 2.75) is 25.5 Å². The van der Waals surface area contributed by atoms with E-state index in [9.17, 15) is 9.59 Å². The van der Waals surface area contributed by atoms with Crippen LogP contribution in [0.3, 0.4) is 0 Å². The molecule has 0 aromatic rings. The lowest BCUT2D eigenvalue weighted by Crippen LogP contribution is -2.45. The SMILES string of the molecule is CC[C@H](N)C(=O)NCC(OC)C(=O)O. The third-order valence-electron chi connectivity index (χ3n) is 1.80. The number of rotatable bonds is 6. The Morgan fingerprint density at radius 3 is 2.50 bits per heavy atom. The molecule has 4 N–H and O–H groups in total. The molecule has 0 bridgehead atoms. The average Bonchev–Trinajstić information content (AvgIpc) is 2.16. The van der Waals surface area contributed by atoms with Gasteiger partial charge in [-0.1, -0.05) is 6.92 Å². The van der Waals surface area contributed by atoms with Crippen LogP contribution < -0.4 is 11.1 Å². The number of carbonyl (C=O) groups is 2. The molecule has 0 aliphatic heterocycles. The number of carboxylic acid groups (broad SMARTS) is 1. The first-order valence-corrected chi connectivity index (χ1v) is 4.31. The molecule has 0 saturated heterocycles. The number of hydrogen-bond donors (Lipinski definition) is 3. The average molecular weight is 204 g/mol. The van der Waals surface area contributed by atoms with Crippen molar-refractivity contribution in [2.75, 3.05) is 13.7 Å². The van der Waals surface area contributed by atoms with Gasteiger partial charge in [-0.25, -0.2) is 4.79 Å². The van der Waals surface area contributed by atoms with Gasteiger partial charge in [-0.2, -0.15) is 0 Å². The Hall–Kier alpha value is -1.14. The minimum absolute atomic E-state index is 0.0711. The van der Waals surface area contributed by atoms with E-state index in [0.717, 1.165) is 0 Å². The van der Waals surface area contributed by atoms with E-state index in [-0.39, 0.29) is 12.5 Å². The number of amides is 1. The monoisotopic (exact) mass is 204 g/mol.